The minimum Gasteiger partial charge on any atom is -0.489 e. The maximum atomic E-state index is 12.8. The molecule has 5 nitrogen and oxygen atoms in total. The maximum Gasteiger partial charge on any atom is 0.228 e. The Bertz CT molecular complexity index is 676. The predicted molar refractivity (Wildman–Crippen MR) is 92.4 cm³/mol. The van der Waals surface area contributed by atoms with Gasteiger partial charge < -0.3 is 14.6 Å². The molecule has 0 aliphatic heterocycles. The zero-order chi connectivity index (χ0) is 22.9. The molecule has 0 aromatic heterocycles. The molecule has 0 atom stereocenters. The molecule has 5 heteroatoms. The first-order valence-corrected chi connectivity index (χ1v) is 8.39. The number of hydrogen-bond donors (Lipinski definition) is 1. The first-order chi connectivity index (χ1) is 13.9. The van der Waals surface area contributed by atoms with Crippen molar-refractivity contribution in [2.24, 2.45) is 0 Å². The van der Waals surface area contributed by atoms with Gasteiger partial charge in [-0.05, 0) is 26.2 Å². The minimum atomic E-state index is -3.04. The van der Waals surface area contributed by atoms with E-state index in [1.807, 2.05) is 0 Å². The molecule has 0 aromatic carbocycles. The summed E-state index contributed by atoms with van der Waals surface area (Å²) < 4.78 is 52.5. The Morgan fingerprint density at radius 1 is 0.833 bits per heavy atom. The Hall–Kier alpha value is -1.62. The van der Waals surface area contributed by atoms with Crippen molar-refractivity contribution >= 4 is 11.6 Å². The number of aliphatic hydroxyl groups is 1. The topological polar surface area (TPSA) is 72.8 Å². The van der Waals surface area contributed by atoms with E-state index in [2.05, 4.69) is 9.47 Å². The number of ketones is 2. The van der Waals surface area contributed by atoms with Crippen LogP contribution in [0.3, 0.4) is 0 Å². The van der Waals surface area contributed by atoms with Crippen molar-refractivity contribution in [3.8, 4) is 0 Å². The third-order valence-corrected chi connectivity index (χ3v) is 4.23. The van der Waals surface area contributed by atoms with Crippen molar-refractivity contribution in [2.75, 3.05) is 20.7 Å². The van der Waals surface area contributed by atoms with Gasteiger partial charge in [0.25, 0.3) is 0 Å². The normalized spacial score (nSPS) is 20.1. The molecule has 0 aromatic rings. The Morgan fingerprint density at radius 3 is 1.88 bits per heavy atom. The van der Waals surface area contributed by atoms with Crippen LogP contribution in [-0.4, -0.2) is 37.4 Å². The first-order valence-electron chi connectivity index (χ1n) is 11.4. The number of aliphatic hydroxyl groups excluding tert-OH is 1. The van der Waals surface area contributed by atoms with Crippen LogP contribution >= 0.6 is 0 Å². The molecule has 1 aliphatic carbocycles. The summed E-state index contributed by atoms with van der Waals surface area (Å²) in [5.41, 5.74) is 0.168. The second-order valence-corrected chi connectivity index (χ2v) is 5.93. The average molecular weight is 344 g/mol. The van der Waals surface area contributed by atoms with Crippen LogP contribution in [0.15, 0.2) is 22.7 Å². The monoisotopic (exact) mass is 344 g/mol. The number of rotatable bonds is 12. The average Bonchev–Trinajstić information content (AvgIpc) is 2.62. The van der Waals surface area contributed by atoms with Crippen molar-refractivity contribution in [1.29, 1.82) is 0 Å². The van der Waals surface area contributed by atoms with Crippen molar-refractivity contribution in [3.05, 3.63) is 22.7 Å². The lowest BCUT2D eigenvalue weighted by atomic mass is 9.89. The Morgan fingerprint density at radius 2 is 1.33 bits per heavy atom. The number of carbonyl (C=O) groups is 2. The molecule has 0 unspecified atom stereocenters. The van der Waals surface area contributed by atoms with E-state index < -0.39 is 37.2 Å². The van der Waals surface area contributed by atoms with Gasteiger partial charge in [-0.15, -0.1) is 0 Å². The smallest absolute Gasteiger partial charge is 0.228 e. The molecule has 0 radical (unpaired) electrons. The summed E-state index contributed by atoms with van der Waals surface area (Å²) in [6.45, 7) is 1.61. The van der Waals surface area contributed by atoms with Crippen LogP contribution in [0.2, 0.25) is 0 Å². The van der Waals surface area contributed by atoms with E-state index >= 15 is 0 Å². The van der Waals surface area contributed by atoms with Crippen LogP contribution < -0.4 is 0 Å². The number of allylic oxidation sites excluding steroid dienone is 2. The summed E-state index contributed by atoms with van der Waals surface area (Å²) in [6, 6.07) is 0. The molecule has 1 aliphatic rings. The third-order valence-electron chi connectivity index (χ3n) is 4.23. The summed E-state index contributed by atoms with van der Waals surface area (Å²) >= 11 is 0. The van der Waals surface area contributed by atoms with Crippen LogP contribution in [0, 0.1) is 0 Å². The minimum absolute atomic E-state index is 0.0427. The lowest BCUT2D eigenvalue weighted by Crippen LogP contribution is -2.25. The molecule has 24 heavy (non-hydrogen) atoms. The quantitative estimate of drug-likeness (QED) is 0.433. The number of Topliss-reactive ketones (excluding diaryl/α,β-unsaturated/α-hetero) is 2. The molecule has 0 amide bonds. The molecule has 0 saturated carbocycles. The van der Waals surface area contributed by atoms with Crippen LogP contribution in [0.4, 0.5) is 0 Å². The van der Waals surface area contributed by atoms with E-state index in [0.717, 1.165) is 44.9 Å². The molecular weight excluding hydrogens is 308 g/mol. The van der Waals surface area contributed by atoms with Crippen LogP contribution in [0.1, 0.15) is 72.9 Å². The number of ether oxygens (including phenoxy) is 2. The highest BCUT2D eigenvalue weighted by Gasteiger charge is 2.34. The molecular formula is C19H30O5. The predicted octanol–water partition coefficient (Wildman–Crippen LogP) is 3.46. The van der Waals surface area contributed by atoms with E-state index in [1.165, 1.54) is 6.92 Å². The van der Waals surface area contributed by atoms with Gasteiger partial charge in [-0.3, -0.25) is 9.59 Å². The molecule has 0 heterocycles. The van der Waals surface area contributed by atoms with Gasteiger partial charge in [-0.25, -0.2) is 0 Å². The maximum absolute atomic E-state index is 12.8. The zero-order valence-corrected chi connectivity index (χ0v) is 14.2. The highest BCUT2D eigenvalue weighted by atomic mass is 16.5. The van der Waals surface area contributed by atoms with Gasteiger partial charge in [0, 0.05) is 17.8 Å². The van der Waals surface area contributed by atoms with Crippen molar-refractivity contribution in [3.63, 3.8) is 0 Å². The van der Waals surface area contributed by atoms with Crippen LogP contribution in [0.25, 0.3) is 0 Å². The van der Waals surface area contributed by atoms with Crippen LogP contribution in [-0.2, 0) is 19.1 Å². The second-order valence-electron chi connectivity index (χ2n) is 5.93. The van der Waals surface area contributed by atoms with Gasteiger partial charge in [0.2, 0.25) is 23.1 Å². The van der Waals surface area contributed by atoms with Crippen LogP contribution in [0.5, 0.6) is 0 Å². The Balaban J connectivity index is 2.77. The van der Waals surface area contributed by atoms with Gasteiger partial charge >= 0.3 is 0 Å². The highest BCUT2D eigenvalue weighted by Crippen LogP contribution is 2.28. The molecule has 136 valence electrons. The zero-order valence-electron chi connectivity index (χ0n) is 20.2. The highest BCUT2D eigenvalue weighted by molar-refractivity contribution is 6.23. The SMILES string of the molecule is [2H]C([2H])([2H])OC1=C(OC([2H])([2H])[2H])C(=O)C(CCCCCCCCCCO)=C(C)C1=O. The first kappa shape index (κ1) is 12.7. The largest absolute Gasteiger partial charge is 0.489 e. The van der Waals surface area contributed by atoms with Gasteiger partial charge in [-0.2, -0.15) is 0 Å². The van der Waals surface area contributed by atoms with Gasteiger partial charge in [-0.1, -0.05) is 38.5 Å². The number of unbranched alkanes of at least 4 members (excludes halogenated alkanes) is 7. The van der Waals surface area contributed by atoms with Crippen molar-refractivity contribution < 1.29 is 32.4 Å². The molecule has 0 bridgehead atoms. The van der Waals surface area contributed by atoms with E-state index in [9.17, 15) is 9.59 Å². The molecule has 0 saturated heterocycles. The summed E-state index contributed by atoms with van der Waals surface area (Å²) in [7, 11) is -6.08. The molecule has 1 N–H and O–H groups in total. The number of hydrogen-bond acceptors (Lipinski definition) is 5. The lowest BCUT2D eigenvalue weighted by Gasteiger charge is -2.20. The number of methoxy groups -OCH3 is 2. The Kier molecular flexibility index (Phi) is 5.83. The molecule has 0 spiro atoms. The van der Waals surface area contributed by atoms with Gasteiger partial charge in [0.15, 0.2) is 0 Å². The standard InChI is InChI=1S/C19H30O5/c1-14-15(12-10-8-6-4-5-7-9-11-13-20)17(22)19(24-3)18(23-2)16(14)21/h20H,4-13H2,1-3H3/i2D3,3D3. The van der Waals surface area contributed by atoms with Crippen molar-refractivity contribution in [2.45, 2.75) is 64.7 Å². The lowest BCUT2D eigenvalue weighted by molar-refractivity contribution is -0.121. The Labute approximate surface area is 153 Å². The van der Waals surface area contributed by atoms with Crippen molar-refractivity contribution in [1.82, 2.24) is 0 Å². The summed E-state index contributed by atoms with van der Waals surface area (Å²) in [6.07, 6.45) is 7.63. The molecule has 1 rings (SSSR count). The fraction of sp³-hybridized carbons (Fsp3) is 0.684. The summed E-state index contributed by atoms with van der Waals surface area (Å²) in [5, 5.41) is 8.74. The summed E-state index contributed by atoms with van der Waals surface area (Å²) in [4.78, 5) is 25.4. The van der Waals surface area contributed by atoms with Gasteiger partial charge in [0.05, 0.1) is 22.3 Å². The number of carbonyl (C=O) groups excluding carboxylic acids is 2. The second kappa shape index (κ2) is 11.0. The van der Waals surface area contributed by atoms with E-state index in [1.54, 1.807) is 0 Å². The van der Waals surface area contributed by atoms with E-state index in [-0.39, 0.29) is 24.2 Å². The molecule has 0 fully saturated rings. The summed E-state index contributed by atoms with van der Waals surface area (Å²) in [5.74, 6) is -3.45. The van der Waals surface area contributed by atoms with E-state index in [0.29, 0.717) is 6.42 Å². The fourth-order valence-electron chi connectivity index (χ4n) is 2.78. The van der Waals surface area contributed by atoms with Gasteiger partial charge in [0.1, 0.15) is 0 Å². The fourth-order valence-corrected chi connectivity index (χ4v) is 2.78. The van der Waals surface area contributed by atoms with E-state index in [4.69, 9.17) is 13.3 Å². The third kappa shape index (κ3) is 5.48.